The second kappa shape index (κ2) is 4.24. The summed E-state index contributed by atoms with van der Waals surface area (Å²) in [5.74, 6) is 0.118. The Labute approximate surface area is 72.1 Å². The maximum atomic E-state index is 10.9. The number of ether oxygens (including phenoxy) is 1. The van der Waals surface area contributed by atoms with Crippen LogP contribution in [0.2, 0.25) is 0 Å². The molecule has 2 atom stereocenters. The Kier molecular flexibility index (Phi) is 3.26. The second-order valence-electron chi connectivity index (χ2n) is 3.27. The first kappa shape index (κ1) is 9.23. The van der Waals surface area contributed by atoms with Crippen LogP contribution < -0.4 is 0 Å². The van der Waals surface area contributed by atoms with E-state index >= 15 is 0 Å². The summed E-state index contributed by atoms with van der Waals surface area (Å²) < 4.78 is 4.55. The fourth-order valence-corrected chi connectivity index (χ4v) is 1.80. The molecule has 0 aliphatic heterocycles. The quantitative estimate of drug-likeness (QED) is 0.471. The fraction of sp³-hybridized carbons (Fsp3) is 0.778. The highest BCUT2D eigenvalue weighted by molar-refractivity contribution is 5.70. The normalized spacial score (nSPS) is 28.4. The van der Waals surface area contributed by atoms with Gasteiger partial charge in [0.2, 0.25) is 0 Å². The van der Waals surface area contributed by atoms with E-state index in [1.54, 1.807) is 0 Å². The van der Waals surface area contributed by atoms with Crippen LogP contribution in [0.3, 0.4) is 0 Å². The van der Waals surface area contributed by atoms with Crippen molar-refractivity contribution >= 4 is 12.3 Å². The molecule has 0 aromatic heterocycles. The van der Waals surface area contributed by atoms with Gasteiger partial charge in [-0.2, -0.15) is 0 Å². The third kappa shape index (κ3) is 2.06. The van der Waals surface area contributed by atoms with Gasteiger partial charge in [0.15, 0.2) is 0 Å². The van der Waals surface area contributed by atoms with Gasteiger partial charge in [-0.15, -0.1) is 0 Å². The molecule has 3 nitrogen and oxygen atoms in total. The first-order valence-electron chi connectivity index (χ1n) is 4.30. The van der Waals surface area contributed by atoms with Crippen LogP contribution in [0.15, 0.2) is 0 Å². The van der Waals surface area contributed by atoms with Crippen LogP contribution in [-0.2, 0) is 14.3 Å². The molecule has 0 amide bonds. The number of hydrogen-bond donors (Lipinski definition) is 0. The Morgan fingerprint density at radius 2 is 2.33 bits per heavy atom. The van der Waals surface area contributed by atoms with Gasteiger partial charge in [-0.25, -0.2) is 0 Å². The standard InChI is InChI=1S/C9H14O3/c1-12-9(11)5-7-3-2-4-8(7)6-10/h6-8H,2-5H2,1H3/t7-,8-/m1/s1. The van der Waals surface area contributed by atoms with Gasteiger partial charge in [0.05, 0.1) is 7.11 Å². The van der Waals surface area contributed by atoms with Crippen LogP contribution in [0.25, 0.3) is 0 Å². The molecule has 12 heavy (non-hydrogen) atoms. The van der Waals surface area contributed by atoms with Crippen LogP contribution in [0.5, 0.6) is 0 Å². The van der Waals surface area contributed by atoms with Crippen molar-refractivity contribution in [2.45, 2.75) is 25.7 Å². The summed E-state index contributed by atoms with van der Waals surface area (Å²) in [5.41, 5.74) is 0. The van der Waals surface area contributed by atoms with Crippen LogP contribution >= 0.6 is 0 Å². The number of esters is 1. The molecule has 68 valence electrons. The van der Waals surface area contributed by atoms with Crippen LogP contribution in [-0.4, -0.2) is 19.4 Å². The molecule has 0 saturated heterocycles. The predicted molar refractivity (Wildman–Crippen MR) is 43.5 cm³/mol. The Morgan fingerprint density at radius 1 is 1.58 bits per heavy atom. The van der Waals surface area contributed by atoms with E-state index in [9.17, 15) is 9.59 Å². The molecule has 0 radical (unpaired) electrons. The highest BCUT2D eigenvalue weighted by atomic mass is 16.5. The Morgan fingerprint density at radius 3 is 2.92 bits per heavy atom. The minimum absolute atomic E-state index is 0.0871. The van der Waals surface area contributed by atoms with Gasteiger partial charge in [0.25, 0.3) is 0 Å². The lowest BCUT2D eigenvalue weighted by atomic mass is 9.94. The van der Waals surface area contributed by atoms with E-state index in [0.29, 0.717) is 6.42 Å². The SMILES string of the molecule is COC(=O)C[C@H]1CCC[C@@H]1C=O. The number of methoxy groups -OCH3 is 1. The maximum absolute atomic E-state index is 10.9. The van der Waals surface area contributed by atoms with Crippen molar-refractivity contribution in [1.82, 2.24) is 0 Å². The lowest BCUT2D eigenvalue weighted by Crippen LogP contribution is -2.14. The molecule has 0 bridgehead atoms. The average Bonchev–Trinajstić information content (AvgIpc) is 2.51. The molecule has 0 spiro atoms. The summed E-state index contributed by atoms with van der Waals surface area (Å²) in [6.07, 6.45) is 4.36. The van der Waals surface area contributed by atoms with E-state index < -0.39 is 0 Å². The monoisotopic (exact) mass is 170 g/mol. The Hall–Kier alpha value is -0.860. The summed E-state index contributed by atoms with van der Waals surface area (Å²) in [6.45, 7) is 0. The molecule has 0 unspecified atom stereocenters. The highest BCUT2D eigenvalue weighted by Crippen LogP contribution is 2.32. The molecule has 0 aromatic carbocycles. The highest BCUT2D eigenvalue weighted by Gasteiger charge is 2.28. The first-order chi connectivity index (χ1) is 5.77. The van der Waals surface area contributed by atoms with Gasteiger partial charge in [-0.1, -0.05) is 6.42 Å². The number of rotatable bonds is 3. The summed E-state index contributed by atoms with van der Waals surface area (Å²) >= 11 is 0. The van der Waals surface area contributed by atoms with Crippen molar-refractivity contribution in [2.75, 3.05) is 7.11 Å². The molecule has 1 aliphatic rings. The zero-order chi connectivity index (χ0) is 8.97. The molecule has 0 aromatic rings. The largest absolute Gasteiger partial charge is 0.469 e. The third-order valence-electron chi connectivity index (χ3n) is 2.55. The van der Waals surface area contributed by atoms with E-state index in [0.717, 1.165) is 25.5 Å². The zero-order valence-electron chi connectivity index (χ0n) is 7.29. The van der Waals surface area contributed by atoms with Gasteiger partial charge >= 0.3 is 5.97 Å². The maximum Gasteiger partial charge on any atom is 0.305 e. The van der Waals surface area contributed by atoms with Crippen LogP contribution in [0, 0.1) is 11.8 Å². The molecule has 1 rings (SSSR count). The average molecular weight is 170 g/mol. The summed E-state index contributed by atoms with van der Waals surface area (Å²) in [5, 5.41) is 0. The Balaban J connectivity index is 2.40. The van der Waals surface area contributed by atoms with Gasteiger partial charge in [0.1, 0.15) is 6.29 Å². The molecule has 1 aliphatic carbocycles. The van der Waals surface area contributed by atoms with Gasteiger partial charge in [-0.05, 0) is 18.8 Å². The number of carbonyl (C=O) groups is 2. The molecule has 1 saturated carbocycles. The fourth-order valence-electron chi connectivity index (χ4n) is 1.80. The van der Waals surface area contributed by atoms with E-state index in [-0.39, 0.29) is 17.8 Å². The molecule has 1 fully saturated rings. The first-order valence-corrected chi connectivity index (χ1v) is 4.30. The van der Waals surface area contributed by atoms with Crippen LogP contribution in [0.1, 0.15) is 25.7 Å². The second-order valence-corrected chi connectivity index (χ2v) is 3.27. The van der Waals surface area contributed by atoms with Crippen molar-refractivity contribution < 1.29 is 14.3 Å². The molecule has 0 heterocycles. The van der Waals surface area contributed by atoms with E-state index in [1.165, 1.54) is 7.11 Å². The number of carbonyl (C=O) groups excluding carboxylic acids is 2. The summed E-state index contributed by atoms with van der Waals surface area (Å²) in [6, 6.07) is 0. The van der Waals surface area contributed by atoms with E-state index in [4.69, 9.17) is 0 Å². The molecule has 3 heteroatoms. The van der Waals surface area contributed by atoms with Gasteiger partial charge in [0, 0.05) is 12.3 Å². The third-order valence-corrected chi connectivity index (χ3v) is 2.55. The molecule has 0 N–H and O–H groups in total. The number of hydrogen-bond acceptors (Lipinski definition) is 3. The summed E-state index contributed by atoms with van der Waals surface area (Å²) in [7, 11) is 1.38. The summed E-state index contributed by atoms with van der Waals surface area (Å²) in [4.78, 5) is 21.4. The minimum Gasteiger partial charge on any atom is -0.469 e. The topological polar surface area (TPSA) is 43.4 Å². The lowest BCUT2D eigenvalue weighted by molar-refractivity contribution is -0.142. The smallest absolute Gasteiger partial charge is 0.305 e. The number of aldehydes is 1. The van der Waals surface area contributed by atoms with Crippen LogP contribution in [0.4, 0.5) is 0 Å². The van der Waals surface area contributed by atoms with Crippen molar-refractivity contribution in [1.29, 1.82) is 0 Å². The molecular weight excluding hydrogens is 156 g/mol. The van der Waals surface area contributed by atoms with E-state index in [1.807, 2.05) is 0 Å². The Bertz CT molecular complexity index is 177. The molecular formula is C9H14O3. The van der Waals surface area contributed by atoms with E-state index in [2.05, 4.69) is 4.74 Å². The van der Waals surface area contributed by atoms with Crippen molar-refractivity contribution in [3.8, 4) is 0 Å². The van der Waals surface area contributed by atoms with Crippen molar-refractivity contribution in [3.05, 3.63) is 0 Å². The lowest BCUT2D eigenvalue weighted by Gasteiger charge is -2.11. The minimum atomic E-state index is -0.200. The van der Waals surface area contributed by atoms with Gasteiger partial charge < -0.3 is 9.53 Å². The zero-order valence-corrected chi connectivity index (χ0v) is 7.29. The predicted octanol–water partition coefficient (Wildman–Crippen LogP) is 1.16. The van der Waals surface area contributed by atoms with Crippen molar-refractivity contribution in [3.63, 3.8) is 0 Å². The van der Waals surface area contributed by atoms with Crippen molar-refractivity contribution in [2.24, 2.45) is 11.8 Å². The van der Waals surface area contributed by atoms with Gasteiger partial charge in [-0.3, -0.25) is 4.79 Å².